The number of aryl methyl sites for hydroxylation is 2. The molecule has 7 heteroatoms. The normalized spacial score (nSPS) is 12.6. The molecule has 0 saturated carbocycles. The molecule has 2 rings (SSSR count). The largest absolute Gasteiger partial charge is 0.478 e. The van der Waals surface area contributed by atoms with Crippen LogP contribution in [-0.2, 0) is 7.05 Å². The lowest BCUT2D eigenvalue weighted by Crippen LogP contribution is -2.17. The monoisotopic (exact) mass is 264 g/mol. The summed E-state index contributed by atoms with van der Waals surface area (Å²) in [5.41, 5.74) is 1.82. The van der Waals surface area contributed by atoms with Crippen LogP contribution in [0.3, 0.4) is 0 Å². The van der Waals surface area contributed by atoms with Crippen LogP contribution in [-0.4, -0.2) is 43.6 Å². The average molecular weight is 264 g/mol. The Labute approximate surface area is 109 Å². The SMILES string of the molecule is Cc1nn(C)c2ncc(C(=O)O)c(NCC(C)O)c12. The molecule has 7 nitrogen and oxygen atoms in total. The molecule has 0 radical (unpaired) electrons. The fraction of sp³-hybridized carbons (Fsp3) is 0.417. The average Bonchev–Trinajstić information content (AvgIpc) is 2.62. The van der Waals surface area contributed by atoms with E-state index in [-0.39, 0.29) is 12.1 Å². The minimum atomic E-state index is -1.06. The number of carbonyl (C=O) groups is 1. The molecule has 0 aliphatic rings. The van der Waals surface area contributed by atoms with E-state index in [1.165, 1.54) is 6.20 Å². The van der Waals surface area contributed by atoms with Crippen molar-refractivity contribution >= 4 is 22.7 Å². The number of aliphatic hydroxyl groups excluding tert-OH is 1. The summed E-state index contributed by atoms with van der Waals surface area (Å²) in [5.74, 6) is -1.06. The molecule has 0 fully saturated rings. The van der Waals surface area contributed by atoms with Crippen molar-refractivity contribution in [1.82, 2.24) is 14.8 Å². The van der Waals surface area contributed by atoms with Gasteiger partial charge >= 0.3 is 5.97 Å². The van der Waals surface area contributed by atoms with Gasteiger partial charge < -0.3 is 15.5 Å². The van der Waals surface area contributed by atoms with E-state index in [2.05, 4.69) is 15.4 Å². The summed E-state index contributed by atoms with van der Waals surface area (Å²) >= 11 is 0. The van der Waals surface area contributed by atoms with Gasteiger partial charge in [0.25, 0.3) is 0 Å². The smallest absolute Gasteiger partial charge is 0.339 e. The Kier molecular flexibility index (Phi) is 3.39. The van der Waals surface area contributed by atoms with Crippen molar-refractivity contribution in [3.63, 3.8) is 0 Å². The first kappa shape index (κ1) is 13.3. The summed E-state index contributed by atoms with van der Waals surface area (Å²) in [5, 5.41) is 26.4. The van der Waals surface area contributed by atoms with E-state index in [0.29, 0.717) is 22.4 Å². The number of aliphatic hydroxyl groups is 1. The second-order valence-electron chi connectivity index (χ2n) is 4.49. The van der Waals surface area contributed by atoms with Crippen LogP contribution in [0.1, 0.15) is 23.0 Å². The van der Waals surface area contributed by atoms with Gasteiger partial charge in [0.15, 0.2) is 5.65 Å². The Hall–Kier alpha value is -2.15. The van der Waals surface area contributed by atoms with Crippen LogP contribution in [0.15, 0.2) is 6.20 Å². The highest BCUT2D eigenvalue weighted by Crippen LogP contribution is 2.28. The van der Waals surface area contributed by atoms with E-state index in [9.17, 15) is 15.0 Å². The summed E-state index contributed by atoms with van der Waals surface area (Å²) in [7, 11) is 1.75. The number of nitrogens with zero attached hydrogens (tertiary/aromatic N) is 3. The molecular weight excluding hydrogens is 248 g/mol. The molecule has 3 N–H and O–H groups in total. The van der Waals surface area contributed by atoms with Crippen molar-refractivity contribution in [2.75, 3.05) is 11.9 Å². The first-order valence-electron chi connectivity index (χ1n) is 5.89. The number of nitrogens with one attached hydrogen (secondary N) is 1. The Balaban J connectivity index is 2.65. The fourth-order valence-corrected chi connectivity index (χ4v) is 2.01. The highest BCUT2D eigenvalue weighted by molar-refractivity contribution is 6.04. The van der Waals surface area contributed by atoms with Gasteiger partial charge in [-0.25, -0.2) is 9.78 Å². The van der Waals surface area contributed by atoms with Crippen molar-refractivity contribution in [3.05, 3.63) is 17.5 Å². The maximum atomic E-state index is 11.3. The zero-order valence-electron chi connectivity index (χ0n) is 11.0. The second kappa shape index (κ2) is 4.85. The van der Waals surface area contributed by atoms with Gasteiger partial charge in [-0.3, -0.25) is 4.68 Å². The van der Waals surface area contributed by atoms with Crippen LogP contribution in [0.25, 0.3) is 11.0 Å². The maximum Gasteiger partial charge on any atom is 0.339 e. The number of fused-ring (bicyclic) bond motifs is 1. The van der Waals surface area contributed by atoms with Crippen molar-refractivity contribution in [2.45, 2.75) is 20.0 Å². The molecule has 2 aromatic rings. The number of carboxylic acids is 1. The van der Waals surface area contributed by atoms with Gasteiger partial charge in [-0.05, 0) is 13.8 Å². The zero-order chi connectivity index (χ0) is 14.2. The number of anilines is 1. The molecule has 0 aromatic carbocycles. The lowest BCUT2D eigenvalue weighted by atomic mass is 10.1. The third-order valence-corrected chi connectivity index (χ3v) is 2.83. The van der Waals surface area contributed by atoms with Gasteiger partial charge in [-0.2, -0.15) is 5.10 Å². The van der Waals surface area contributed by atoms with E-state index in [0.717, 1.165) is 0 Å². The minimum Gasteiger partial charge on any atom is -0.478 e. The van der Waals surface area contributed by atoms with E-state index in [4.69, 9.17) is 0 Å². The van der Waals surface area contributed by atoms with Gasteiger partial charge in [0.1, 0.15) is 5.56 Å². The number of pyridine rings is 1. The Bertz CT molecular complexity index is 633. The Morgan fingerprint density at radius 1 is 1.58 bits per heavy atom. The molecule has 0 aliphatic heterocycles. The number of rotatable bonds is 4. The van der Waals surface area contributed by atoms with Crippen LogP contribution in [0.4, 0.5) is 5.69 Å². The van der Waals surface area contributed by atoms with Crippen molar-refractivity contribution < 1.29 is 15.0 Å². The molecule has 2 aromatic heterocycles. The lowest BCUT2D eigenvalue weighted by Gasteiger charge is -2.12. The summed E-state index contributed by atoms with van der Waals surface area (Å²) in [6.07, 6.45) is 0.720. The van der Waals surface area contributed by atoms with Crippen LogP contribution in [0, 0.1) is 6.92 Å². The molecule has 0 aliphatic carbocycles. The van der Waals surface area contributed by atoms with Gasteiger partial charge in [0, 0.05) is 19.8 Å². The summed E-state index contributed by atoms with van der Waals surface area (Å²) in [6, 6.07) is 0. The van der Waals surface area contributed by atoms with E-state index in [1.807, 2.05) is 0 Å². The standard InChI is InChI=1S/C12H16N4O3/c1-6(17)4-13-10-8(12(18)19)5-14-11-9(10)7(2)15-16(11)3/h5-6,17H,4H2,1-3H3,(H,13,14)(H,18,19). The van der Waals surface area contributed by atoms with Crippen molar-refractivity contribution in [3.8, 4) is 0 Å². The number of aromatic carboxylic acids is 1. The van der Waals surface area contributed by atoms with Crippen LogP contribution >= 0.6 is 0 Å². The number of aromatic nitrogens is 3. The van der Waals surface area contributed by atoms with Gasteiger partial charge in [0.2, 0.25) is 0 Å². The maximum absolute atomic E-state index is 11.3. The van der Waals surface area contributed by atoms with Gasteiger partial charge in [-0.15, -0.1) is 0 Å². The fourth-order valence-electron chi connectivity index (χ4n) is 2.01. The Morgan fingerprint density at radius 3 is 2.84 bits per heavy atom. The Morgan fingerprint density at radius 2 is 2.26 bits per heavy atom. The van der Waals surface area contributed by atoms with Crippen molar-refractivity contribution in [1.29, 1.82) is 0 Å². The first-order chi connectivity index (χ1) is 8.91. The first-order valence-corrected chi connectivity index (χ1v) is 5.89. The molecule has 19 heavy (non-hydrogen) atoms. The molecule has 0 amide bonds. The van der Waals surface area contributed by atoms with E-state index in [1.54, 1.807) is 25.6 Å². The molecule has 2 heterocycles. The highest BCUT2D eigenvalue weighted by Gasteiger charge is 2.19. The predicted octanol–water partition coefficient (Wildman–Crippen LogP) is 0.768. The summed E-state index contributed by atoms with van der Waals surface area (Å²) in [6.45, 7) is 3.68. The summed E-state index contributed by atoms with van der Waals surface area (Å²) < 4.78 is 1.60. The van der Waals surface area contributed by atoms with Gasteiger partial charge in [0.05, 0.1) is 22.9 Å². The summed E-state index contributed by atoms with van der Waals surface area (Å²) in [4.78, 5) is 15.4. The molecular formula is C12H16N4O3. The van der Waals surface area contributed by atoms with E-state index < -0.39 is 12.1 Å². The zero-order valence-corrected chi connectivity index (χ0v) is 11.0. The highest BCUT2D eigenvalue weighted by atomic mass is 16.4. The number of carboxylic acid groups (broad SMARTS) is 1. The third kappa shape index (κ3) is 2.37. The molecule has 102 valence electrons. The van der Waals surface area contributed by atoms with E-state index >= 15 is 0 Å². The van der Waals surface area contributed by atoms with Crippen LogP contribution < -0.4 is 5.32 Å². The molecule has 0 saturated heterocycles. The molecule has 0 bridgehead atoms. The van der Waals surface area contributed by atoms with Crippen molar-refractivity contribution in [2.24, 2.45) is 7.05 Å². The molecule has 0 spiro atoms. The minimum absolute atomic E-state index is 0.0734. The second-order valence-corrected chi connectivity index (χ2v) is 4.49. The number of hydrogen-bond donors (Lipinski definition) is 3. The number of hydrogen-bond acceptors (Lipinski definition) is 5. The molecule has 1 atom stereocenters. The van der Waals surface area contributed by atoms with Crippen LogP contribution in [0.5, 0.6) is 0 Å². The van der Waals surface area contributed by atoms with Gasteiger partial charge in [-0.1, -0.05) is 0 Å². The predicted molar refractivity (Wildman–Crippen MR) is 70.4 cm³/mol. The topological polar surface area (TPSA) is 100 Å². The lowest BCUT2D eigenvalue weighted by molar-refractivity contribution is 0.0697. The quantitative estimate of drug-likeness (QED) is 0.754. The molecule has 1 unspecified atom stereocenters. The third-order valence-electron chi connectivity index (χ3n) is 2.83. The van der Waals surface area contributed by atoms with Crippen LogP contribution in [0.2, 0.25) is 0 Å².